The minimum absolute atomic E-state index is 0.434. The first kappa shape index (κ1) is 17.9. The van der Waals surface area contributed by atoms with Crippen LogP contribution in [-0.4, -0.2) is 23.5 Å². The molecule has 0 fully saturated rings. The van der Waals surface area contributed by atoms with Crippen LogP contribution in [0.4, 0.5) is 0 Å². The number of benzene rings is 2. The molecule has 0 atom stereocenters. The quantitative estimate of drug-likeness (QED) is 0.709. The molecule has 0 radical (unpaired) electrons. The number of nitrogens with zero attached hydrogens (tertiary/aromatic N) is 1. The lowest BCUT2D eigenvalue weighted by Gasteiger charge is -2.11. The minimum atomic E-state index is -0.677. The Morgan fingerprint density at radius 3 is 2.61 bits per heavy atom. The Labute approximate surface area is 162 Å². The minimum Gasteiger partial charge on any atom is -0.452 e. The molecule has 0 bridgehead atoms. The number of carbonyl (C=O) groups excluding carboxylic acids is 2. The number of aryl methyl sites for hydroxylation is 1. The van der Waals surface area contributed by atoms with E-state index >= 15 is 0 Å². The fourth-order valence-corrected chi connectivity index (χ4v) is 3.58. The van der Waals surface area contributed by atoms with Gasteiger partial charge in [0, 0.05) is 5.39 Å². The summed E-state index contributed by atoms with van der Waals surface area (Å²) in [5, 5.41) is 0.729. The standard InChI is InChI=1S/C23H20N2O3/c1-14-6-8-15(9-7-14)12-16-10-11-18-21(23(27)28-13-20(24)26)17-4-2-3-5-19(17)25-22(16)18/h2-9,12H,10-11,13H2,1H3,(H2,24,26)/b16-12+. The predicted molar refractivity (Wildman–Crippen MR) is 109 cm³/mol. The van der Waals surface area contributed by atoms with E-state index in [-0.39, 0.29) is 0 Å². The van der Waals surface area contributed by atoms with E-state index in [9.17, 15) is 9.59 Å². The van der Waals surface area contributed by atoms with Crippen molar-refractivity contribution in [3.05, 3.63) is 76.5 Å². The van der Waals surface area contributed by atoms with Crippen LogP contribution in [-0.2, 0) is 16.0 Å². The second-order valence-corrected chi connectivity index (χ2v) is 6.95. The van der Waals surface area contributed by atoms with Crippen molar-refractivity contribution in [2.24, 2.45) is 5.73 Å². The highest BCUT2D eigenvalue weighted by Gasteiger charge is 2.27. The molecule has 140 valence electrons. The second kappa shape index (κ2) is 7.27. The maximum Gasteiger partial charge on any atom is 0.339 e. The molecule has 0 spiro atoms. The molecule has 0 saturated heterocycles. The first-order chi connectivity index (χ1) is 13.5. The first-order valence-corrected chi connectivity index (χ1v) is 9.17. The summed E-state index contributed by atoms with van der Waals surface area (Å²) in [7, 11) is 0. The summed E-state index contributed by atoms with van der Waals surface area (Å²) in [5.41, 5.74) is 11.4. The number of aromatic nitrogens is 1. The number of pyridine rings is 1. The molecule has 0 aliphatic heterocycles. The zero-order chi connectivity index (χ0) is 19.7. The predicted octanol–water partition coefficient (Wildman–Crippen LogP) is 3.67. The molecule has 4 rings (SSSR count). The molecule has 3 aromatic rings. The average molecular weight is 372 g/mol. The molecular formula is C23H20N2O3. The number of esters is 1. The van der Waals surface area contributed by atoms with Gasteiger partial charge < -0.3 is 10.5 Å². The van der Waals surface area contributed by atoms with E-state index in [1.807, 2.05) is 24.3 Å². The van der Waals surface area contributed by atoms with Gasteiger partial charge in [-0.25, -0.2) is 9.78 Å². The Balaban J connectivity index is 1.83. The number of hydrogen-bond acceptors (Lipinski definition) is 4. The van der Waals surface area contributed by atoms with E-state index in [4.69, 9.17) is 15.5 Å². The van der Waals surface area contributed by atoms with Crippen LogP contribution < -0.4 is 5.73 Å². The van der Waals surface area contributed by atoms with Crippen molar-refractivity contribution in [3.8, 4) is 0 Å². The SMILES string of the molecule is Cc1ccc(/C=C2\CCc3c2nc2ccccc2c3C(=O)OCC(N)=O)cc1. The second-order valence-electron chi connectivity index (χ2n) is 6.95. The Bertz CT molecular complexity index is 1110. The largest absolute Gasteiger partial charge is 0.452 e. The number of rotatable bonds is 4. The maximum absolute atomic E-state index is 12.7. The van der Waals surface area contributed by atoms with Gasteiger partial charge in [0.25, 0.3) is 5.91 Å². The number of primary amides is 1. The van der Waals surface area contributed by atoms with E-state index in [2.05, 4.69) is 37.3 Å². The molecule has 2 N–H and O–H groups in total. The zero-order valence-corrected chi connectivity index (χ0v) is 15.6. The van der Waals surface area contributed by atoms with Crippen LogP contribution in [0.25, 0.3) is 22.6 Å². The van der Waals surface area contributed by atoms with E-state index in [0.29, 0.717) is 12.0 Å². The lowest BCUT2D eigenvalue weighted by molar-refractivity contribution is -0.121. The Morgan fingerprint density at radius 2 is 1.86 bits per heavy atom. The third-order valence-corrected chi connectivity index (χ3v) is 4.91. The van der Waals surface area contributed by atoms with Gasteiger partial charge in [-0.2, -0.15) is 0 Å². The number of para-hydroxylation sites is 1. The molecule has 0 unspecified atom stereocenters. The highest BCUT2D eigenvalue weighted by Crippen LogP contribution is 2.37. The summed E-state index contributed by atoms with van der Waals surface area (Å²) in [6, 6.07) is 15.8. The fraction of sp³-hybridized carbons (Fsp3) is 0.174. The highest BCUT2D eigenvalue weighted by atomic mass is 16.5. The summed E-state index contributed by atoms with van der Waals surface area (Å²) in [4.78, 5) is 28.6. The third kappa shape index (κ3) is 3.39. The van der Waals surface area contributed by atoms with Crippen LogP contribution in [0.3, 0.4) is 0 Å². The number of carbonyl (C=O) groups is 2. The van der Waals surface area contributed by atoms with Crippen molar-refractivity contribution in [1.29, 1.82) is 0 Å². The molecule has 1 aliphatic carbocycles. The number of hydrogen-bond donors (Lipinski definition) is 1. The van der Waals surface area contributed by atoms with E-state index in [1.165, 1.54) is 5.56 Å². The van der Waals surface area contributed by atoms with Gasteiger partial charge in [0.2, 0.25) is 0 Å². The lowest BCUT2D eigenvalue weighted by atomic mass is 10.0. The smallest absolute Gasteiger partial charge is 0.339 e. The van der Waals surface area contributed by atoms with Gasteiger partial charge in [0.05, 0.1) is 16.8 Å². The molecule has 2 aromatic carbocycles. The molecule has 1 heterocycles. The van der Waals surface area contributed by atoms with Crippen LogP contribution in [0.2, 0.25) is 0 Å². The monoisotopic (exact) mass is 372 g/mol. The zero-order valence-electron chi connectivity index (χ0n) is 15.6. The molecular weight excluding hydrogens is 352 g/mol. The Hall–Kier alpha value is -3.47. The van der Waals surface area contributed by atoms with Crippen molar-refractivity contribution < 1.29 is 14.3 Å². The highest BCUT2D eigenvalue weighted by molar-refractivity contribution is 6.07. The Morgan fingerprint density at radius 1 is 1.11 bits per heavy atom. The molecule has 1 aliphatic rings. The van der Waals surface area contributed by atoms with Crippen molar-refractivity contribution >= 4 is 34.4 Å². The lowest BCUT2D eigenvalue weighted by Crippen LogP contribution is -2.21. The van der Waals surface area contributed by atoms with Gasteiger partial charge in [-0.1, -0.05) is 48.0 Å². The van der Waals surface area contributed by atoms with Gasteiger partial charge in [-0.3, -0.25) is 4.79 Å². The number of nitrogens with two attached hydrogens (primary N) is 1. The normalized spacial score (nSPS) is 14.2. The maximum atomic E-state index is 12.7. The van der Waals surface area contributed by atoms with E-state index in [0.717, 1.165) is 39.7 Å². The van der Waals surface area contributed by atoms with Crippen molar-refractivity contribution in [2.45, 2.75) is 19.8 Å². The topological polar surface area (TPSA) is 82.3 Å². The van der Waals surface area contributed by atoms with Crippen molar-refractivity contribution in [3.63, 3.8) is 0 Å². The fourth-order valence-electron chi connectivity index (χ4n) is 3.58. The summed E-state index contributed by atoms with van der Waals surface area (Å²) >= 11 is 0. The molecule has 28 heavy (non-hydrogen) atoms. The first-order valence-electron chi connectivity index (χ1n) is 9.17. The molecule has 5 heteroatoms. The van der Waals surface area contributed by atoms with Crippen LogP contribution in [0.5, 0.6) is 0 Å². The van der Waals surface area contributed by atoms with Crippen molar-refractivity contribution in [2.75, 3.05) is 6.61 Å². The summed E-state index contributed by atoms with van der Waals surface area (Å²) < 4.78 is 5.13. The molecule has 0 saturated carbocycles. The summed E-state index contributed by atoms with van der Waals surface area (Å²) in [6.07, 6.45) is 3.61. The number of ether oxygens (including phenoxy) is 1. The van der Waals surface area contributed by atoms with E-state index < -0.39 is 18.5 Å². The van der Waals surface area contributed by atoms with Crippen LogP contribution in [0, 0.1) is 6.92 Å². The van der Waals surface area contributed by atoms with Gasteiger partial charge in [-0.05, 0) is 48.6 Å². The number of amides is 1. The van der Waals surface area contributed by atoms with Gasteiger partial charge in [-0.15, -0.1) is 0 Å². The Kier molecular flexibility index (Phi) is 4.65. The van der Waals surface area contributed by atoms with Crippen LogP contribution >= 0.6 is 0 Å². The van der Waals surface area contributed by atoms with Crippen LogP contribution in [0.1, 0.15) is 39.2 Å². The molecule has 1 aromatic heterocycles. The van der Waals surface area contributed by atoms with Gasteiger partial charge >= 0.3 is 5.97 Å². The molecule has 1 amide bonds. The molecule has 5 nitrogen and oxygen atoms in total. The summed E-state index contributed by atoms with van der Waals surface area (Å²) in [5.74, 6) is -1.21. The number of allylic oxidation sites excluding steroid dienone is 1. The van der Waals surface area contributed by atoms with Gasteiger partial charge in [0.15, 0.2) is 6.61 Å². The number of fused-ring (bicyclic) bond motifs is 2. The van der Waals surface area contributed by atoms with Gasteiger partial charge in [0.1, 0.15) is 0 Å². The van der Waals surface area contributed by atoms with E-state index in [1.54, 1.807) is 0 Å². The average Bonchev–Trinajstić information content (AvgIpc) is 3.08. The summed E-state index contributed by atoms with van der Waals surface area (Å²) in [6.45, 7) is 1.62. The van der Waals surface area contributed by atoms with Crippen LogP contribution in [0.15, 0.2) is 48.5 Å². The third-order valence-electron chi connectivity index (χ3n) is 4.91. The van der Waals surface area contributed by atoms with Crippen molar-refractivity contribution in [1.82, 2.24) is 4.98 Å².